The fraction of sp³-hybridized carbons (Fsp3) is 0.320. The van der Waals surface area contributed by atoms with Crippen LogP contribution in [0.3, 0.4) is 0 Å². The maximum atomic E-state index is 5.02. The van der Waals surface area contributed by atoms with Crippen LogP contribution >= 0.6 is 11.3 Å². The molecule has 0 aliphatic heterocycles. The molecule has 0 amide bonds. The Bertz CT molecular complexity index is 1100. The quantitative estimate of drug-likeness (QED) is 0.385. The predicted octanol–water partition coefficient (Wildman–Crippen LogP) is 5.75. The molecule has 1 unspecified atom stereocenters. The summed E-state index contributed by atoms with van der Waals surface area (Å²) in [6, 6.07) is 16.4. The lowest BCUT2D eigenvalue weighted by Crippen LogP contribution is -2.24. The number of hydrogen-bond donors (Lipinski definition) is 1. The lowest BCUT2D eigenvalue weighted by atomic mass is 10.0. The highest BCUT2D eigenvalue weighted by atomic mass is 32.1. The summed E-state index contributed by atoms with van der Waals surface area (Å²) in [5, 5.41) is 4.85. The molecule has 1 N–H and O–H groups in total. The Morgan fingerprint density at radius 1 is 0.968 bits per heavy atom. The number of pyridine rings is 1. The Balaban J connectivity index is 1.82. The Morgan fingerprint density at radius 2 is 1.71 bits per heavy atom. The molecule has 31 heavy (non-hydrogen) atoms. The molecule has 4 rings (SSSR count). The standard InChI is InChI=1S/C25H29N5S/c1-5-30(6-2)16-21-27-24(22-17(3)18(4)31-25(22)28-21)29-23(19-12-8-7-9-13-19)20-14-10-11-15-26-20/h7-15,23H,5-6,16H2,1-4H3,(H,27,28,29). The van der Waals surface area contributed by atoms with Crippen molar-refractivity contribution in [3.8, 4) is 0 Å². The van der Waals surface area contributed by atoms with E-state index < -0.39 is 0 Å². The van der Waals surface area contributed by atoms with Gasteiger partial charge < -0.3 is 5.32 Å². The largest absolute Gasteiger partial charge is 0.357 e. The predicted molar refractivity (Wildman–Crippen MR) is 130 cm³/mol. The van der Waals surface area contributed by atoms with Crippen LogP contribution in [0.15, 0.2) is 54.7 Å². The van der Waals surface area contributed by atoms with Crippen LogP contribution in [0.25, 0.3) is 10.2 Å². The smallest absolute Gasteiger partial charge is 0.146 e. The first kappa shape index (κ1) is 21.4. The second-order valence-electron chi connectivity index (χ2n) is 7.66. The van der Waals surface area contributed by atoms with Crippen molar-refractivity contribution in [1.29, 1.82) is 0 Å². The topological polar surface area (TPSA) is 53.9 Å². The Morgan fingerprint density at radius 3 is 2.39 bits per heavy atom. The van der Waals surface area contributed by atoms with Crippen molar-refractivity contribution in [1.82, 2.24) is 19.9 Å². The maximum Gasteiger partial charge on any atom is 0.146 e. The third kappa shape index (κ3) is 4.60. The number of hydrogen-bond acceptors (Lipinski definition) is 6. The molecule has 0 fully saturated rings. The molecule has 3 aromatic heterocycles. The first-order valence-electron chi connectivity index (χ1n) is 10.8. The van der Waals surface area contributed by atoms with Gasteiger partial charge in [-0.2, -0.15) is 0 Å². The highest BCUT2D eigenvalue weighted by Crippen LogP contribution is 2.36. The fourth-order valence-corrected chi connectivity index (χ4v) is 4.82. The van der Waals surface area contributed by atoms with Gasteiger partial charge in [-0.25, -0.2) is 9.97 Å². The lowest BCUT2D eigenvalue weighted by molar-refractivity contribution is 0.289. The Hall–Kier alpha value is -2.83. The van der Waals surface area contributed by atoms with Crippen molar-refractivity contribution in [3.05, 3.63) is 82.3 Å². The normalized spacial score (nSPS) is 12.4. The van der Waals surface area contributed by atoms with Crippen LogP contribution in [-0.4, -0.2) is 32.9 Å². The van der Waals surface area contributed by atoms with Gasteiger partial charge in [0.15, 0.2) is 0 Å². The summed E-state index contributed by atoms with van der Waals surface area (Å²) < 4.78 is 0. The monoisotopic (exact) mass is 431 g/mol. The fourth-order valence-electron chi connectivity index (χ4n) is 3.77. The molecular weight excluding hydrogens is 402 g/mol. The minimum Gasteiger partial charge on any atom is -0.357 e. The van der Waals surface area contributed by atoms with Crippen LogP contribution in [0.4, 0.5) is 5.82 Å². The Labute approximate surface area is 188 Å². The molecule has 1 aromatic carbocycles. The highest BCUT2D eigenvalue weighted by molar-refractivity contribution is 7.18. The van der Waals surface area contributed by atoms with Gasteiger partial charge in [-0.15, -0.1) is 11.3 Å². The van der Waals surface area contributed by atoms with E-state index in [4.69, 9.17) is 9.97 Å². The summed E-state index contributed by atoms with van der Waals surface area (Å²) in [6.45, 7) is 11.4. The molecule has 0 saturated carbocycles. The van der Waals surface area contributed by atoms with E-state index in [9.17, 15) is 0 Å². The van der Waals surface area contributed by atoms with Crippen LogP contribution in [0.5, 0.6) is 0 Å². The number of thiophene rings is 1. The van der Waals surface area contributed by atoms with Crippen molar-refractivity contribution in [2.24, 2.45) is 0 Å². The molecule has 4 aromatic rings. The molecule has 6 heteroatoms. The molecule has 0 saturated heterocycles. The van der Waals surface area contributed by atoms with Gasteiger partial charge in [-0.3, -0.25) is 9.88 Å². The van der Waals surface area contributed by atoms with Crippen molar-refractivity contribution < 1.29 is 0 Å². The van der Waals surface area contributed by atoms with E-state index in [1.807, 2.05) is 24.4 Å². The molecule has 0 aliphatic rings. The van der Waals surface area contributed by atoms with Crippen LogP contribution in [0, 0.1) is 13.8 Å². The van der Waals surface area contributed by atoms with Gasteiger partial charge in [-0.1, -0.05) is 50.2 Å². The van der Waals surface area contributed by atoms with Crippen molar-refractivity contribution in [2.75, 3.05) is 18.4 Å². The van der Waals surface area contributed by atoms with Crippen LogP contribution in [0.2, 0.25) is 0 Å². The number of aryl methyl sites for hydroxylation is 2. The number of nitrogens with one attached hydrogen (secondary N) is 1. The number of benzene rings is 1. The second kappa shape index (κ2) is 9.54. The van der Waals surface area contributed by atoms with Gasteiger partial charge in [0.2, 0.25) is 0 Å². The zero-order valence-corrected chi connectivity index (χ0v) is 19.4. The van der Waals surface area contributed by atoms with Gasteiger partial charge in [0, 0.05) is 11.1 Å². The first-order chi connectivity index (χ1) is 15.1. The summed E-state index contributed by atoms with van der Waals surface area (Å²) in [5.74, 6) is 1.74. The van der Waals surface area contributed by atoms with E-state index in [0.717, 1.165) is 52.8 Å². The minimum atomic E-state index is -0.0959. The van der Waals surface area contributed by atoms with E-state index in [0.29, 0.717) is 0 Å². The summed E-state index contributed by atoms with van der Waals surface area (Å²) >= 11 is 1.74. The van der Waals surface area contributed by atoms with E-state index in [-0.39, 0.29) is 6.04 Å². The third-order valence-corrected chi connectivity index (χ3v) is 6.83. The van der Waals surface area contributed by atoms with Gasteiger partial charge in [0.1, 0.15) is 16.5 Å². The number of rotatable bonds is 8. The molecule has 0 bridgehead atoms. The molecule has 5 nitrogen and oxygen atoms in total. The molecule has 160 valence electrons. The maximum absolute atomic E-state index is 5.02. The van der Waals surface area contributed by atoms with E-state index in [1.54, 1.807) is 11.3 Å². The van der Waals surface area contributed by atoms with Crippen LogP contribution in [-0.2, 0) is 6.54 Å². The van der Waals surface area contributed by atoms with E-state index in [2.05, 4.69) is 73.2 Å². The molecule has 0 aliphatic carbocycles. The zero-order valence-electron chi connectivity index (χ0n) is 18.6. The molecule has 0 radical (unpaired) electrons. The summed E-state index contributed by atoms with van der Waals surface area (Å²) in [4.78, 5) is 19.2. The number of fused-ring (bicyclic) bond motifs is 1. The number of aromatic nitrogens is 3. The zero-order chi connectivity index (χ0) is 21.8. The number of nitrogens with zero attached hydrogens (tertiary/aromatic N) is 4. The molecule has 1 atom stereocenters. The van der Waals surface area contributed by atoms with Crippen molar-refractivity contribution in [3.63, 3.8) is 0 Å². The van der Waals surface area contributed by atoms with Gasteiger partial charge >= 0.3 is 0 Å². The highest BCUT2D eigenvalue weighted by Gasteiger charge is 2.21. The Kier molecular flexibility index (Phi) is 6.59. The average molecular weight is 432 g/mol. The van der Waals surface area contributed by atoms with Crippen molar-refractivity contribution in [2.45, 2.75) is 40.3 Å². The van der Waals surface area contributed by atoms with E-state index in [1.165, 1.54) is 10.4 Å². The van der Waals surface area contributed by atoms with E-state index >= 15 is 0 Å². The lowest BCUT2D eigenvalue weighted by Gasteiger charge is -2.22. The summed E-state index contributed by atoms with van der Waals surface area (Å²) in [7, 11) is 0. The third-order valence-electron chi connectivity index (χ3n) is 5.73. The SMILES string of the molecule is CCN(CC)Cc1nc(NC(c2ccccc2)c2ccccn2)c2c(C)c(C)sc2n1. The van der Waals surface area contributed by atoms with Gasteiger partial charge in [-0.05, 0) is 50.2 Å². The van der Waals surface area contributed by atoms with Gasteiger partial charge in [0.05, 0.1) is 23.7 Å². The van der Waals surface area contributed by atoms with Crippen LogP contribution < -0.4 is 5.32 Å². The number of anilines is 1. The second-order valence-corrected chi connectivity index (χ2v) is 8.86. The van der Waals surface area contributed by atoms with Crippen LogP contribution in [0.1, 0.15) is 47.4 Å². The molecule has 0 spiro atoms. The minimum absolute atomic E-state index is 0.0959. The average Bonchev–Trinajstić information content (AvgIpc) is 3.10. The first-order valence-corrected chi connectivity index (χ1v) is 11.6. The molecule has 3 heterocycles. The van der Waals surface area contributed by atoms with Gasteiger partial charge in [0.25, 0.3) is 0 Å². The summed E-state index contributed by atoms with van der Waals surface area (Å²) in [6.07, 6.45) is 1.84. The van der Waals surface area contributed by atoms with Crippen molar-refractivity contribution >= 4 is 27.4 Å². The summed E-state index contributed by atoms with van der Waals surface area (Å²) in [5.41, 5.74) is 3.36. The molecular formula is C25H29N5S.